The van der Waals surface area contributed by atoms with Gasteiger partial charge in [-0.05, 0) is 24.7 Å². The molecule has 0 aliphatic heterocycles. The van der Waals surface area contributed by atoms with Crippen molar-refractivity contribution in [2.75, 3.05) is 13.6 Å². The molecule has 0 bridgehead atoms. The number of imidazole rings is 1. The molecule has 0 radical (unpaired) electrons. The number of aliphatic hydroxyl groups excluding tert-OH is 2. The summed E-state index contributed by atoms with van der Waals surface area (Å²) in [4.78, 5) is 6.51. The van der Waals surface area contributed by atoms with E-state index in [4.69, 9.17) is 0 Å². The Labute approximate surface area is 141 Å². The maximum atomic E-state index is 10.5. The summed E-state index contributed by atoms with van der Waals surface area (Å²) < 4.78 is 1.90. The average Bonchev–Trinajstić information content (AvgIpc) is 2.93. The van der Waals surface area contributed by atoms with Crippen molar-refractivity contribution < 1.29 is 10.2 Å². The van der Waals surface area contributed by atoms with Gasteiger partial charge in [-0.25, -0.2) is 4.98 Å². The van der Waals surface area contributed by atoms with Gasteiger partial charge in [0.15, 0.2) is 0 Å². The van der Waals surface area contributed by atoms with E-state index in [0.29, 0.717) is 18.9 Å². The van der Waals surface area contributed by atoms with Gasteiger partial charge in [0.25, 0.3) is 0 Å². The SMILES string of the molecule is CN(Cc1ccccc1)C[C@H](O)Cn1c(CO)nc2ccccc21. The third-order valence-electron chi connectivity index (χ3n) is 4.09. The number of likely N-dealkylation sites (N-methyl/N-ethyl adjacent to an activating group) is 1. The van der Waals surface area contributed by atoms with Gasteiger partial charge in [-0.3, -0.25) is 4.90 Å². The molecule has 1 aromatic heterocycles. The van der Waals surface area contributed by atoms with Gasteiger partial charge in [-0.15, -0.1) is 0 Å². The van der Waals surface area contributed by atoms with Crippen LogP contribution < -0.4 is 0 Å². The second-order valence-corrected chi connectivity index (χ2v) is 6.12. The van der Waals surface area contributed by atoms with E-state index < -0.39 is 6.10 Å². The van der Waals surface area contributed by atoms with E-state index in [1.165, 1.54) is 5.56 Å². The first-order chi connectivity index (χ1) is 11.7. The molecule has 3 rings (SSSR count). The van der Waals surface area contributed by atoms with Crippen LogP contribution in [0.2, 0.25) is 0 Å². The maximum Gasteiger partial charge on any atom is 0.135 e. The van der Waals surface area contributed by atoms with Crippen LogP contribution >= 0.6 is 0 Å². The van der Waals surface area contributed by atoms with Crippen LogP contribution in [0.1, 0.15) is 11.4 Å². The maximum absolute atomic E-state index is 10.5. The third kappa shape index (κ3) is 3.82. The standard InChI is InChI=1S/C19H23N3O2/c1-21(11-15-7-3-2-4-8-15)12-16(24)13-22-18-10-6-5-9-17(18)20-19(22)14-23/h2-10,16,23-24H,11-14H2,1H3/t16-/m0/s1. The molecular formula is C19H23N3O2. The molecular weight excluding hydrogens is 302 g/mol. The van der Waals surface area contributed by atoms with Gasteiger partial charge in [0.05, 0.1) is 23.7 Å². The largest absolute Gasteiger partial charge is 0.390 e. The zero-order valence-electron chi connectivity index (χ0n) is 13.8. The Hall–Kier alpha value is -2.21. The van der Waals surface area contributed by atoms with Gasteiger partial charge in [-0.2, -0.15) is 0 Å². The van der Waals surface area contributed by atoms with E-state index in [0.717, 1.165) is 17.6 Å². The van der Waals surface area contributed by atoms with Crippen LogP contribution in [0.25, 0.3) is 11.0 Å². The zero-order valence-corrected chi connectivity index (χ0v) is 13.8. The van der Waals surface area contributed by atoms with Crippen LogP contribution in [0.4, 0.5) is 0 Å². The Balaban J connectivity index is 1.67. The Kier molecular flexibility index (Phi) is 5.25. The molecule has 0 aliphatic carbocycles. The summed E-state index contributed by atoms with van der Waals surface area (Å²) in [5, 5.41) is 20.0. The minimum Gasteiger partial charge on any atom is -0.390 e. The van der Waals surface area contributed by atoms with Crippen molar-refractivity contribution >= 4 is 11.0 Å². The Morgan fingerprint density at radius 3 is 2.54 bits per heavy atom. The highest BCUT2D eigenvalue weighted by atomic mass is 16.3. The number of rotatable bonds is 7. The van der Waals surface area contributed by atoms with Crippen molar-refractivity contribution in [3.63, 3.8) is 0 Å². The Morgan fingerprint density at radius 2 is 1.79 bits per heavy atom. The average molecular weight is 325 g/mol. The summed E-state index contributed by atoms with van der Waals surface area (Å²) >= 11 is 0. The quantitative estimate of drug-likeness (QED) is 0.698. The third-order valence-corrected chi connectivity index (χ3v) is 4.09. The van der Waals surface area contributed by atoms with Crippen molar-refractivity contribution in [2.24, 2.45) is 0 Å². The lowest BCUT2D eigenvalue weighted by Crippen LogP contribution is -2.32. The lowest BCUT2D eigenvalue weighted by atomic mass is 10.2. The van der Waals surface area contributed by atoms with Gasteiger partial charge >= 0.3 is 0 Å². The van der Waals surface area contributed by atoms with E-state index in [-0.39, 0.29) is 6.61 Å². The number of hydrogen-bond donors (Lipinski definition) is 2. The van der Waals surface area contributed by atoms with Crippen LogP contribution in [0, 0.1) is 0 Å². The fourth-order valence-corrected chi connectivity index (χ4v) is 3.04. The highest BCUT2D eigenvalue weighted by Crippen LogP contribution is 2.17. The molecule has 0 aliphatic rings. The molecule has 1 heterocycles. The van der Waals surface area contributed by atoms with E-state index in [1.54, 1.807) is 0 Å². The molecule has 126 valence electrons. The predicted octanol–water partition coefficient (Wildman–Crippen LogP) is 2.02. The summed E-state index contributed by atoms with van der Waals surface area (Å²) in [6, 6.07) is 17.9. The van der Waals surface area contributed by atoms with Crippen molar-refractivity contribution in [2.45, 2.75) is 25.8 Å². The summed E-state index contributed by atoms with van der Waals surface area (Å²) in [7, 11) is 2.00. The number of aliphatic hydroxyl groups is 2. The lowest BCUT2D eigenvalue weighted by Gasteiger charge is -2.21. The second kappa shape index (κ2) is 7.57. The van der Waals surface area contributed by atoms with Crippen LogP contribution in [0.15, 0.2) is 54.6 Å². The van der Waals surface area contributed by atoms with Gasteiger partial charge in [-0.1, -0.05) is 42.5 Å². The number of aromatic nitrogens is 2. The summed E-state index contributed by atoms with van der Waals surface area (Å²) in [5.74, 6) is 0.584. The zero-order chi connectivity index (χ0) is 16.9. The van der Waals surface area contributed by atoms with Crippen molar-refractivity contribution in [3.05, 3.63) is 66.0 Å². The minimum atomic E-state index is -0.540. The predicted molar refractivity (Wildman–Crippen MR) is 94.4 cm³/mol. The first kappa shape index (κ1) is 16.6. The van der Waals surface area contributed by atoms with Crippen LogP contribution in [0.5, 0.6) is 0 Å². The number of benzene rings is 2. The minimum absolute atomic E-state index is 0.138. The molecule has 2 N–H and O–H groups in total. The first-order valence-electron chi connectivity index (χ1n) is 8.13. The van der Waals surface area contributed by atoms with E-state index in [1.807, 2.05) is 54.1 Å². The highest BCUT2D eigenvalue weighted by molar-refractivity contribution is 5.75. The van der Waals surface area contributed by atoms with E-state index >= 15 is 0 Å². The van der Waals surface area contributed by atoms with Crippen molar-refractivity contribution in [1.29, 1.82) is 0 Å². The monoisotopic (exact) mass is 325 g/mol. The molecule has 24 heavy (non-hydrogen) atoms. The highest BCUT2D eigenvalue weighted by Gasteiger charge is 2.15. The van der Waals surface area contributed by atoms with E-state index in [2.05, 4.69) is 22.0 Å². The molecule has 0 amide bonds. The molecule has 1 atom stereocenters. The van der Waals surface area contributed by atoms with E-state index in [9.17, 15) is 10.2 Å². The van der Waals surface area contributed by atoms with Crippen LogP contribution in [-0.4, -0.2) is 44.4 Å². The number of para-hydroxylation sites is 2. The summed E-state index contributed by atoms with van der Waals surface area (Å²) in [6.45, 7) is 1.61. The Bertz CT molecular complexity index is 786. The molecule has 5 nitrogen and oxygen atoms in total. The number of hydrogen-bond acceptors (Lipinski definition) is 4. The normalized spacial score (nSPS) is 12.8. The Morgan fingerprint density at radius 1 is 1.08 bits per heavy atom. The molecule has 0 saturated carbocycles. The molecule has 0 spiro atoms. The first-order valence-corrected chi connectivity index (χ1v) is 8.13. The molecule has 3 aromatic rings. The van der Waals surface area contributed by atoms with Gasteiger partial charge < -0.3 is 14.8 Å². The smallest absolute Gasteiger partial charge is 0.135 e. The van der Waals surface area contributed by atoms with Crippen LogP contribution in [-0.2, 0) is 19.7 Å². The second-order valence-electron chi connectivity index (χ2n) is 6.12. The molecule has 5 heteroatoms. The summed E-state index contributed by atoms with van der Waals surface area (Å²) in [6.07, 6.45) is -0.540. The number of nitrogens with zero attached hydrogens (tertiary/aromatic N) is 3. The lowest BCUT2D eigenvalue weighted by molar-refractivity contribution is 0.106. The topological polar surface area (TPSA) is 61.5 Å². The van der Waals surface area contributed by atoms with Gasteiger partial charge in [0.1, 0.15) is 12.4 Å². The fraction of sp³-hybridized carbons (Fsp3) is 0.316. The fourth-order valence-electron chi connectivity index (χ4n) is 3.04. The summed E-state index contributed by atoms with van der Waals surface area (Å²) in [5.41, 5.74) is 2.99. The van der Waals surface area contributed by atoms with Crippen LogP contribution in [0.3, 0.4) is 0 Å². The molecule has 2 aromatic carbocycles. The van der Waals surface area contributed by atoms with Crippen molar-refractivity contribution in [1.82, 2.24) is 14.5 Å². The van der Waals surface area contributed by atoms with Gasteiger partial charge in [0.2, 0.25) is 0 Å². The number of fused-ring (bicyclic) bond motifs is 1. The molecule has 0 fully saturated rings. The molecule has 0 unspecified atom stereocenters. The molecule has 0 saturated heterocycles. The van der Waals surface area contributed by atoms with Gasteiger partial charge in [0, 0.05) is 13.1 Å². The van der Waals surface area contributed by atoms with Crippen molar-refractivity contribution in [3.8, 4) is 0 Å².